The van der Waals surface area contributed by atoms with Gasteiger partial charge in [-0.2, -0.15) is 0 Å². The predicted octanol–water partition coefficient (Wildman–Crippen LogP) is 1.35. The second-order valence-electron chi connectivity index (χ2n) is 4.59. The van der Waals surface area contributed by atoms with Crippen LogP contribution < -0.4 is 11.5 Å². The van der Waals surface area contributed by atoms with Crippen LogP contribution in [0.25, 0.3) is 0 Å². The lowest BCUT2D eigenvalue weighted by Gasteiger charge is -2.30. The van der Waals surface area contributed by atoms with Crippen LogP contribution in [0.4, 0.5) is 5.69 Å². The first kappa shape index (κ1) is 13.5. The van der Waals surface area contributed by atoms with Crippen LogP contribution >= 0.6 is 0 Å². The van der Waals surface area contributed by atoms with Crippen LogP contribution in [0.3, 0.4) is 0 Å². The lowest BCUT2D eigenvalue weighted by molar-refractivity contribution is -0.123. The van der Waals surface area contributed by atoms with Crippen molar-refractivity contribution in [3.05, 3.63) is 29.8 Å². The van der Waals surface area contributed by atoms with Crippen molar-refractivity contribution in [2.45, 2.75) is 39.4 Å². The Morgan fingerprint density at radius 1 is 1.35 bits per heavy atom. The Bertz CT molecular complexity index is 390. The molecule has 4 heteroatoms. The second kappa shape index (κ2) is 5.68. The number of benzene rings is 1. The first-order valence-corrected chi connectivity index (χ1v) is 5.81. The highest BCUT2D eigenvalue weighted by Crippen LogP contribution is 2.14. The van der Waals surface area contributed by atoms with Crippen molar-refractivity contribution >= 4 is 11.6 Å². The quantitative estimate of drug-likeness (QED) is 0.757. The van der Waals surface area contributed by atoms with Gasteiger partial charge in [0, 0.05) is 18.3 Å². The maximum absolute atomic E-state index is 11.3. The summed E-state index contributed by atoms with van der Waals surface area (Å²) < 4.78 is 0. The number of primary amides is 1. The summed E-state index contributed by atoms with van der Waals surface area (Å²) >= 11 is 0. The SMILES string of the molecule is CC(C)N(Cc1cccc(N)c1)C(C)C(N)=O. The third-order valence-electron chi connectivity index (χ3n) is 2.89. The summed E-state index contributed by atoms with van der Waals surface area (Å²) in [4.78, 5) is 13.3. The monoisotopic (exact) mass is 235 g/mol. The van der Waals surface area contributed by atoms with Gasteiger partial charge >= 0.3 is 0 Å². The normalized spacial score (nSPS) is 13.0. The topological polar surface area (TPSA) is 72.3 Å². The summed E-state index contributed by atoms with van der Waals surface area (Å²) in [5, 5.41) is 0. The van der Waals surface area contributed by atoms with Crippen molar-refractivity contribution in [1.29, 1.82) is 0 Å². The molecule has 4 nitrogen and oxygen atoms in total. The predicted molar refractivity (Wildman–Crippen MR) is 70.2 cm³/mol. The van der Waals surface area contributed by atoms with Crippen LogP contribution in [0.2, 0.25) is 0 Å². The number of nitrogens with two attached hydrogens (primary N) is 2. The number of hydrogen-bond acceptors (Lipinski definition) is 3. The van der Waals surface area contributed by atoms with Crippen LogP contribution in [0.15, 0.2) is 24.3 Å². The molecule has 0 saturated heterocycles. The average Bonchev–Trinajstić information content (AvgIpc) is 2.24. The highest BCUT2D eigenvalue weighted by atomic mass is 16.1. The van der Waals surface area contributed by atoms with Crippen LogP contribution in [0.5, 0.6) is 0 Å². The molecule has 4 N–H and O–H groups in total. The van der Waals surface area contributed by atoms with Gasteiger partial charge in [0.1, 0.15) is 0 Å². The van der Waals surface area contributed by atoms with E-state index in [-0.39, 0.29) is 18.0 Å². The minimum atomic E-state index is -0.303. The van der Waals surface area contributed by atoms with Crippen molar-refractivity contribution in [1.82, 2.24) is 4.90 Å². The summed E-state index contributed by atoms with van der Waals surface area (Å²) in [7, 11) is 0. The van der Waals surface area contributed by atoms with E-state index in [2.05, 4.69) is 4.90 Å². The van der Waals surface area contributed by atoms with Crippen molar-refractivity contribution in [2.75, 3.05) is 5.73 Å². The Labute approximate surface area is 103 Å². The van der Waals surface area contributed by atoms with Gasteiger partial charge in [-0.25, -0.2) is 0 Å². The van der Waals surface area contributed by atoms with Crippen molar-refractivity contribution < 1.29 is 4.79 Å². The van der Waals surface area contributed by atoms with E-state index in [1.54, 1.807) is 0 Å². The first-order chi connectivity index (χ1) is 7.91. The van der Waals surface area contributed by atoms with Gasteiger partial charge < -0.3 is 11.5 Å². The molecule has 0 saturated carbocycles. The van der Waals surface area contributed by atoms with E-state index in [9.17, 15) is 4.79 Å². The number of nitrogens with zero attached hydrogens (tertiary/aromatic N) is 1. The molecule has 1 unspecified atom stereocenters. The number of rotatable bonds is 5. The number of amides is 1. The van der Waals surface area contributed by atoms with E-state index >= 15 is 0 Å². The van der Waals surface area contributed by atoms with E-state index in [4.69, 9.17) is 11.5 Å². The number of nitrogen functional groups attached to an aromatic ring is 1. The van der Waals surface area contributed by atoms with Crippen molar-refractivity contribution in [2.24, 2.45) is 5.73 Å². The largest absolute Gasteiger partial charge is 0.399 e. The lowest BCUT2D eigenvalue weighted by Crippen LogP contribution is -2.45. The van der Waals surface area contributed by atoms with E-state index in [0.29, 0.717) is 6.54 Å². The van der Waals surface area contributed by atoms with Crippen LogP contribution in [-0.4, -0.2) is 22.9 Å². The molecular weight excluding hydrogens is 214 g/mol. The lowest BCUT2D eigenvalue weighted by atomic mass is 10.1. The molecule has 0 aliphatic carbocycles. The van der Waals surface area contributed by atoms with Crippen LogP contribution in [0.1, 0.15) is 26.3 Å². The van der Waals surface area contributed by atoms with Crippen molar-refractivity contribution in [3.8, 4) is 0 Å². The maximum Gasteiger partial charge on any atom is 0.234 e. The summed E-state index contributed by atoms with van der Waals surface area (Å²) in [5.41, 5.74) is 12.9. The molecule has 0 bridgehead atoms. The van der Waals surface area contributed by atoms with Crippen molar-refractivity contribution in [3.63, 3.8) is 0 Å². The summed E-state index contributed by atoms with van der Waals surface area (Å²) in [5.74, 6) is -0.303. The third-order valence-corrected chi connectivity index (χ3v) is 2.89. The minimum Gasteiger partial charge on any atom is -0.399 e. The Hall–Kier alpha value is -1.55. The third kappa shape index (κ3) is 3.75. The highest BCUT2D eigenvalue weighted by Gasteiger charge is 2.21. The standard InChI is InChI=1S/C13H21N3O/c1-9(2)16(10(3)13(15)17)8-11-5-4-6-12(14)7-11/h4-7,9-10H,8,14H2,1-3H3,(H2,15,17). The Balaban J connectivity index is 2.84. The van der Waals surface area contributed by atoms with Crippen LogP contribution in [0, 0.1) is 0 Å². The summed E-state index contributed by atoms with van der Waals surface area (Å²) in [6, 6.07) is 7.65. The number of carbonyl (C=O) groups is 1. The molecule has 0 fully saturated rings. The van der Waals surface area contributed by atoms with Gasteiger partial charge in [0.25, 0.3) is 0 Å². The smallest absolute Gasteiger partial charge is 0.234 e. The molecular formula is C13H21N3O. The zero-order chi connectivity index (χ0) is 13.0. The molecule has 0 aromatic heterocycles. The fourth-order valence-corrected chi connectivity index (χ4v) is 1.83. The van der Waals surface area contributed by atoms with E-state index in [1.165, 1.54) is 0 Å². The fourth-order valence-electron chi connectivity index (χ4n) is 1.83. The van der Waals surface area contributed by atoms with Gasteiger partial charge in [-0.15, -0.1) is 0 Å². The van der Waals surface area contributed by atoms with Gasteiger partial charge in [-0.1, -0.05) is 12.1 Å². The zero-order valence-corrected chi connectivity index (χ0v) is 10.7. The molecule has 1 amide bonds. The first-order valence-electron chi connectivity index (χ1n) is 5.81. The fraction of sp³-hybridized carbons (Fsp3) is 0.462. The highest BCUT2D eigenvalue weighted by molar-refractivity contribution is 5.79. The minimum absolute atomic E-state index is 0.249. The van der Waals surface area contributed by atoms with Gasteiger partial charge in [0.15, 0.2) is 0 Å². The molecule has 94 valence electrons. The number of hydrogen-bond donors (Lipinski definition) is 2. The summed E-state index contributed by atoms with van der Waals surface area (Å²) in [6.07, 6.45) is 0. The number of carbonyl (C=O) groups excluding carboxylic acids is 1. The molecule has 1 atom stereocenters. The van der Waals surface area contributed by atoms with E-state index < -0.39 is 0 Å². The molecule has 0 spiro atoms. The van der Waals surface area contributed by atoms with Gasteiger partial charge in [-0.05, 0) is 38.5 Å². The molecule has 1 aromatic rings. The second-order valence-corrected chi connectivity index (χ2v) is 4.59. The molecule has 1 rings (SSSR count). The Morgan fingerprint density at radius 3 is 2.47 bits per heavy atom. The average molecular weight is 235 g/mol. The molecule has 0 aliphatic heterocycles. The van der Waals surface area contributed by atoms with E-state index in [0.717, 1.165) is 11.3 Å². The van der Waals surface area contributed by atoms with Gasteiger partial charge in [0.2, 0.25) is 5.91 Å². The molecule has 0 aliphatic rings. The maximum atomic E-state index is 11.3. The summed E-state index contributed by atoms with van der Waals surface area (Å²) in [6.45, 7) is 6.60. The zero-order valence-electron chi connectivity index (χ0n) is 10.7. The Kier molecular flexibility index (Phi) is 4.52. The van der Waals surface area contributed by atoms with E-state index in [1.807, 2.05) is 45.0 Å². The molecule has 0 heterocycles. The molecule has 0 radical (unpaired) electrons. The Morgan fingerprint density at radius 2 is 2.00 bits per heavy atom. The van der Waals surface area contributed by atoms with Gasteiger partial charge in [0.05, 0.1) is 6.04 Å². The molecule has 1 aromatic carbocycles. The van der Waals surface area contributed by atoms with Gasteiger partial charge in [-0.3, -0.25) is 9.69 Å². The molecule has 17 heavy (non-hydrogen) atoms. The van der Waals surface area contributed by atoms with Crippen LogP contribution in [-0.2, 0) is 11.3 Å². The number of anilines is 1.